The normalized spacial score (nSPS) is 20.6. The van der Waals surface area contributed by atoms with E-state index in [1.54, 1.807) is 6.07 Å². The molecule has 0 aliphatic carbocycles. The quantitative estimate of drug-likeness (QED) is 0.362. The standard InChI is InChI=1S/C22H35ClN6O2S/c1-6-26-7-9-27(10-8-26)19(30)15-32-21-24-17(23)13-18(25-21)28-11-12-29(16(2)14-28)20(31)22(3,4)5/h13,16H,6-12,14-15H2,1-5H3. The summed E-state index contributed by atoms with van der Waals surface area (Å²) in [6.07, 6.45) is 0. The highest BCUT2D eigenvalue weighted by atomic mass is 35.5. The van der Waals surface area contributed by atoms with Gasteiger partial charge in [-0.2, -0.15) is 0 Å². The van der Waals surface area contributed by atoms with Crippen molar-refractivity contribution in [3.8, 4) is 0 Å². The number of amides is 2. The van der Waals surface area contributed by atoms with Crippen LogP contribution >= 0.6 is 23.4 Å². The number of thioether (sulfide) groups is 1. The molecule has 1 aromatic rings. The lowest BCUT2D eigenvalue weighted by Crippen LogP contribution is -2.56. The van der Waals surface area contributed by atoms with Crippen molar-refractivity contribution in [3.63, 3.8) is 0 Å². The van der Waals surface area contributed by atoms with Gasteiger partial charge in [0.1, 0.15) is 11.0 Å². The highest BCUT2D eigenvalue weighted by Crippen LogP contribution is 2.26. The second kappa shape index (κ2) is 10.6. The molecule has 3 heterocycles. The summed E-state index contributed by atoms with van der Waals surface area (Å²) >= 11 is 7.61. The maximum atomic E-state index is 12.7. The average molecular weight is 483 g/mol. The third-order valence-electron chi connectivity index (χ3n) is 6.01. The topological polar surface area (TPSA) is 72.9 Å². The summed E-state index contributed by atoms with van der Waals surface area (Å²) in [5.41, 5.74) is -0.395. The van der Waals surface area contributed by atoms with E-state index in [-0.39, 0.29) is 17.9 Å². The van der Waals surface area contributed by atoms with Gasteiger partial charge < -0.3 is 19.6 Å². The van der Waals surface area contributed by atoms with E-state index in [0.717, 1.165) is 38.5 Å². The third-order valence-corrected chi connectivity index (χ3v) is 7.04. The van der Waals surface area contributed by atoms with Crippen LogP contribution in [0.2, 0.25) is 5.15 Å². The molecule has 0 N–H and O–H groups in total. The number of nitrogens with zero attached hydrogens (tertiary/aromatic N) is 6. The van der Waals surface area contributed by atoms with Gasteiger partial charge >= 0.3 is 0 Å². The SMILES string of the molecule is CCN1CCN(C(=O)CSc2nc(Cl)cc(N3CCN(C(=O)C(C)(C)C)C(C)C3)n2)CC1. The molecule has 2 saturated heterocycles. The lowest BCUT2D eigenvalue weighted by atomic mass is 9.93. The van der Waals surface area contributed by atoms with Crippen molar-refractivity contribution < 1.29 is 9.59 Å². The van der Waals surface area contributed by atoms with Crippen molar-refractivity contribution in [1.82, 2.24) is 24.7 Å². The van der Waals surface area contributed by atoms with Gasteiger partial charge in [0.05, 0.1) is 5.75 Å². The van der Waals surface area contributed by atoms with Crippen molar-refractivity contribution in [1.29, 1.82) is 0 Å². The van der Waals surface area contributed by atoms with Crippen molar-refractivity contribution in [2.75, 3.05) is 63.0 Å². The third kappa shape index (κ3) is 6.26. The molecule has 2 fully saturated rings. The number of hydrogen-bond donors (Lipinski definition) is 0. The number of aromatic nitrogens is 2. The molecule has 178 valence electrons. The fraction of sp³-hybridized carbons (Fsp3) is 0.727. The molecule has 2 aliphatic rings. The smallest absolute Gasteiger partial charge is 0.233 e. The number of rotatable bonds is 5. The van der Waals surface area contributed by atoms with Gasteiger partial charge in [-0.1, -0.05) is 51.1 Å². The van der Waals surface area contributed by atoms with Crippen LogP contribution in [0, 0.1) is 5.41 Å². The Morgan fingerprint density at radius 3 is 2.41 bits per heavy atom. The number of halogens is 1. The van der Waals surface area contributed by atoms with Gasteiger partial charge in [-0.05, 0) is 13.5 Å². The minimum absolute atomic E-state index is 0.0729. The van der Waals surface area contributed by atoms with E-state index in [4.69, 9.17) is 11.6 Å². The van der Waals surface area contributed by atoms with Crippen LogP contribution < -0.4 is 4.90 Å². The Kier molecular flexibility index (Phi) is 8.27. The van der Waals surface area contributed by atoms with Crippen LogP contribution in [0.1, 0.15) is 34.6 Å². The Morgan fingerprint density at radius 1 is 1.12 bits per heavy atom. The Bertz CT molecular complexity index is 825. The number of carbonyl (C=O) groups is 2. The molecule has 0 spiro atoms. The second-order valence-electron chi connectivity index (χ2n) is 9.48. The summed E-state index contributed by atoms with van der Waals surface area (Å²) in [5.74, 6) is 1.32. The zero-order chi connectivity index (χ0) is 23.5. The van der Waals surface area contributed by atoms with E-state index in [1.165, 1.54) is 11.8 Å². The number of hydrogen-bond acceptors (Lipinski definition) is 7. The molecule has 32 heavy (non-hydrogen) atoms. The van der Waals surface area contributed by atoms with Crippen LogP contribution in [-0.2, 0) is 9.59 Å². The molecule has 0 bridgehead atoms. The predicted molar refractivity (Wildman–Crippen MR) is 129 cm³/mol. The van der Waals surface area contributed by atoms with Crippen LogP contribution in [0.5, 0.6) is 0 Å². The minimum atomic E-state index is -0.395. The lowest BCUT2D eigenvalue weighted by molar-refractivity contribution is -0.142. The summed E-state index contributed by atoms with van der Waals surface area (Å²) in [4.78, 5) is 42.7. The van der Waals surface area contributed by atoms with E-state index in [9.17, 15) is 9.59 Å². The molecular weight excluding hydrogens is 448 g/mol. The van der Waals surface area contributed by atoms with E-state index < -0.39 is 5.41 Å². The van der Waals surface area contributed by atoms with E-state index in [2.05, 4.69) is 33.6 Å². The monoisotopic (exact) mass is 482 g/mol. The number of piperazine rings is 2. The van der Waals surface area contributed by atoms with Crippen LogP contribution in [0.15, 0.2) is 11.2 Å². The first-order chi connectivity index (χ1) is 15.1. The molecule has 1 atom stereocenters. The number of anilines is 1. The van der Waals surface area contributed by atoms with Gasteiger partial charge in [0.15, 0.2) is 5.16 Å². The van der Waals surface area contributed by atoms with E-state index in [0.29, 0.717) is 35.7 Å². The highest BCUT2D eigenvalue weighted by Gasteiger charge is 2.34. The minimum Gasteiger partial charge on any atom is -0.353 e. The zero-order valence-corrected chi connectivity index (χ0v) is 21.4. The summed E-state index contributed by atoms with van der Waals surface area (Å²) in [6.45, 7) is 16.5. The number of likely N-dealkylation sites (N-methyl/N-ethyl adjacent to an activating group) is 1. The van der Waals surface area contributed by atoms with E-state index in [1.807, 2.05) is 30.6 Å². The summed E-state index contributed by atoms with van der Waals surface area (Å²) in [7, 11) is 0. The fourth-order valence-corrected chi connectivity index (χ4v) is 5.03. The lowest BCUT2D eigenvalue weighted by Gasteiger charge is -2.42. The Balaban J connectivity index is 1.59. The molecule has 0 aromatic carbocycles. The fourth-order valence-electron chi connectivity index (χ4n) is 4.04. The van der Waals surface area contributed by atoms with E-state index >= 15 is 0 Å². The van der Waals surface area contributed by atoms with Gasteiger partial charge in [-0.15, -0.1) is 0 Å². The molecule has 1 aromatic heterocycles. The van der Waals surface area contributed by atoms with Crippen LogP contribution in [0.3, 0.4) is 0 Å². The molecule has 3 rings (SSSR count). The van der Waals surface area contributed by atoms with Gasteiger partial charge in [-0.25, -0.2) is 9.97 Å². The summed E-state index contributed by atoms with van der Waals surface area (Å²) < 4.78 is 0. The average Bonchev–Trinajstić information content (AvgIpc) is 2.76. The first-order valence-corrected chi connectivity index (χ1v) is 12.7. The van der Waals surface area contributed by atoms with Crippen LogP contribution in [0.4, 0.5) is 5.82 Å². The van der Waals surface area contributed by atoms with Crippen molar-refractivity contribution in [3.05, 3.63) is 11.2 Å². The Morgan fingerprint density at radius 2 is 1.81 bits per heavy atom. The van der Waals surface area contributed by atoms with Gasteiger partial charge in [-0.3, -0.25) is 9.59 Å². The maximum Gasteiger partial charge on any atom is 0.233 e. The molecule has 8 nitrogen and oxygen atoms in total. The molecule has 0 saturated carbocycles. The summed E-state index contributed by atoms with van der Waals surface area (Å²) in [5, 5.41) is 0.872. The van der Waals surface area contributed by atoms with Crippen molar-refractivity contribution in [2.24, 2.45) is 5.41 Å². The first kappa shape index (κ1) is 25.1. The molecule has 10 heteroatoms. The maximum absolute atomic E-state index is 12.7. The van der Waals surface area contributed by atoms with Gasteiger partial charge in [0.25, 0.3) is 0 Å². The van der Waals surface area contributed by atoms with Gasteiger partial charge in [0, 0.05) is 63.3 Å². The molecule has 2 aliphatic heterocycles. The molecule has 2 amide bonds. The molecule has 1 unspecified atom stereocenters. The molecule has 0 radical (unpaired) electrons. The highest BCUT2D eigenvalue weighted by molar-refractivity contribution is 7.99. The van der Waals surface area contributed by atoms with Crippen LogP contribution in [-0.4, -0.2) is 101 Å². The first-order valence-electron chi connectivity index (χ1n) is 11.3. The Labute approximate surface area is 200 Å². The second-order valence-corrected chi connectivity index (χ2v) is 10.8. The van der Waals surface area contributed by atoms with Gasteiger partial charge in [0.2, 0.25) is 11.8 Å². The zero-order valence-electron chi connectivity index (χ0n) is 19.8. The largest absolute Gasteiger partial charge is 0.353 e. The van der Waals surface area contributed by atoms with Crippen molar-refractivity contribution >= 4 is 41.0 Å². The number of carbonyl (C=O) groups excluding carboxylic acids is 2. The Hall–Kier alpha value is -1.58. The summed E-state index contributed by atoms with van der Waals surface area (Å²) in [6, 6.07) is 1.83. The molecular formula is C22H35ClN6O2S. The van der Waals surface area contributed by atoms with Crippen LogP contribution in [0.25, 0.3) is 0 Å². The predicted octanol–water partition coefficient (Wildman–Crippen LogP) is 2.47. The van der Waals surface area contributed by atoms with Crippen molar-refractivity contribution in [2.45, 2.75) is 45.8 Å².